The second-order valence-electron chi connectivity index (χ2n) is 8.72. The second-order valence-corrected chi connectivity index (χ2v) is 8.72. The molecule has 1 heterocycles. The van der Waals surface area contributed by atoms with Crippen molar-refractivity contribution in [2.75, 3.05) is 34.5 Å². The Kier molecular flexibility index (Phi) is 6.97. The molecule has 1 amide bonds. The molecule has 1 aliphatic heterocycles. The van der Waals surface area contributed by atoms with Crippen molar-refractivity contribution >= 4 is 5.91 Å². The highest BCUT2D eigenvalue weighted by Crippen LogP contribution is 2.51. The Labute approximate surface area is 198 Å². The van der Waals surface area contributed by atoms with Crippen molar-refractivity contribution in [2.24, 2.45) is 5.73 Å². The Balaban J connectivity index is 2.03. The number of carbonyl (C=O) groups is 1. The number of amides is 1. The van der Waals surface area contributed by atoms with E-state index in [9.17, 15) is 9.59 Å². The normalized spacial score (nSPS) is 18.9. The van der Waals surface area contributed by atoms with Gasteiger partial charge < -0.3 is 29.4 Å². The highest BCUT2D eigenvalue weighted by atomic mass is 16.5. The quantitative estimate of drug-likeness (QED) is 0.664. The van der Waals surface area contributed by atoms with Crippen LogP contribution in [-0.4, -0.2) is 46.6 Å². The van der Waals surface area contributed by atoms with E-state index in [-0.39, 0.29) is 29.6 Å². The van der Waals surface area contributed by atoms with Crippen LogP contribution in [0.3, 0.4) is 0 Å². The number of benzene rings is 1. The number of nitrogens with two attached hydrogens (primary N) is 1. The van der Waals surface area contributed by atoms with Crippen LogP contribution in [0.25, 0.3) is 11.1 Å². The standard InChI is InChI=1S/C26H31NO7/c1-14-9-19-18(12-20(24(14)29)34-17-7-8-33-13-17)15(11-22(27)28)5-6-16-10-21(30-2)25(31-3)26(32-4)23(16)19/h9-10,12,15,17H,5-8,11,13H2,1-4H3,(H2,27,28)/t15-,17+/m0/s1. The summed E-state index contributed by atoms with van der Waals surface area (Å²) >= 11 is 0. The van der Waals surface area contributed by atoms with Gasteiger partial charge in [0.1, 0.15) is 6.10 Å². The largest absolute Gasteiger partial charge is 0.493 e. The van der Waals surface area contributed by atoms with Crippen molar-refractivity contribution < 1.29 is 28.5 Å². The summed E-state index contributed by atoms with van der Waals surface area (Å²) in [6.07, 6.45) is 2.01. The van der Waals surface area contributed by atoms with E-state index in [1.54, 1.807) is 34.3 Å². The molecule has 2 atom stereocenters. The molecule has 8 heteroatoms. The maximum absolute atomic E-state index is 13.3. The van der Waals surface area contributed by atoms with Gasteiger partial charge in [-0.1, -0.05) is 0 Å². The fraction of sp³-hybridized carbons (Fsp3) is 0.462. The molecule has 2 aliphatic rings. The summed E-state index contributed by atoms with van der Waals surface area (Å²) in [4.78, 5) is 25.3. The summed E-state index contributed by atoms with van der Waals surface area (Å²) in [6, 6.07) is 5.56. The van der Waals surface area contributed by atoms with E-state index in [1.807, 2.05) is 12.1 Å². The monoisotopic (exact) mass is 469 g/mol. The van der Waals surface area contributed by atoms with Crippen molar-refractivity contribution in [1.29, 1.82) is 0 Å². The third-order valence-corrected chi connectivity index (χ3v) is 6.55. The summed E-state index contributed by atoms with van der Waals surface area (Å²) in [6.45, 7) is 2.81. The smallest absolute Gasteiger partial charge is 0.223 e. The molecule has 182 valence electrons. The van der Waals surface area contributed by atoms with Crippen LogP contribution in [0.15, 0.2) is 23.0 Å². The van der Waals surface area contributed by atoms with E-state index >= 15 is 0 Å². The zero-order valence-corrected chi connectivity index (χ0v) is 20.1. The molecule has 2 aromatic rings. The lowest BCUT2D eigenvalue weighted by Gasteiger charge is -2.19. The first-order valence-corrected chi connectivity index (χ1v) is 11.4. The minimum atomic E-state index is -0.402. The molecule has 0 radical (unpaired) electrons. The van der Waals surface area contributed by atoms with Gasteiger partial charge in [-0.05, 0) is 60.6 Å². The first-order chi connectivity index (χ1) is 16.4. The van der Waals surface area contributed by atoms with Gasteiger partial charge in [0.2, 0.25) is 17.1 Å². The molecule has 1 aliphatic carbocycles. The minimum absolute atomic E-state index is 0.154. The number of methoxy groups -OCH3 is 3. The van der Waals surface area contributed by atoms with Gasteiger partial charge in [0, 0.05) is 24.0 Å². The highest BCUT2D eigenvalue weighted by Gasteiger charge is 2.31. The molecular weight excluding hydrogens is 438 g/mol. The minimum Gasteiger partial charge on any atom is -0.493 e. The SMILES string of the molecule is COc1cc2c(c(OC)c1OC)-c1cc(C)c(=O)c(O[C@@H]3CCOC3)cc1[C@H](CC(N)=O)CC2. The van der Waals surface area contributed by atoms with Crippen molar-refractivity contribution in [3.8, 4) is 34.1 Å². The van der Waals surface area contributed by atoms with Crippen LogP contribution >= 0.6 is 0 Å². The van der Waals surface area contributed by atoms with Crippen molar-refractivity contribution in [3.63, 3.8) is 0 Å². The first kappa shape index (κ1) is 23.9. The highest BCUT2D eigenvalue weighted by molar-refractivity contribution is 5.84. The number of hydrogen-bond donors (Lipinski definition) is 1. The predicted octanol–water partition coefficient (Wildman–Crippen LogP) is 3.12. The molecule has 0 unspecified atom stereocenters. The number of aryl methyl sites for hydroxylation is 2. The van der Waals surface area contributed by atoms with Crippen molar-refractivity contribution in [3.05, 3.63) is 45.1 Å². The summed E-state index contributed by atoms with van der Waals surface area (Å²) in [5, 5.41) is 0. The Bertz CT molecular complexity index is 1150. The van der Waals surface area contributed by atoms with Gasteiger partial charge >= 0.3 is 0 Å². The van der Waals surface area contributed by atoms with Gasteiger partial charge in [-0.2, -0.15) is 0 Å². The molecule has 1 saturated heterocycles. The molecule has 0 aromatic heterocycles. The van der Waals surface area contributed by atoms with E-state index < -0.39 is 5.91 Å². The molecule has 8 nitrogen and oxygen atoms in total. The molecule has 0 bridgehead atoms. The van der Waals surface area contributed by atoms with Crippen LogP contribution in [0, 0.1) is 6.92 Å². The van der Waals surface area contributed by atoms with E-state index in [0.717, 1.165) is 28.7 Å². The van der Waals surface area contributed by atoms with Crippen LogP contribution in [0.4, 0.5) is 0 Å². The second kappa shape index (κ2) is 9.93. The van der Waals surface area contributed by atoms with Gasteiger partial charge in [0.05, 0.1) is 34.5 Å². The summed E-state index contributed by atoms with van der Waals surface area (Å²) in [5.74, 6) is 1.19. The molecule has 34 heavy (non-hydrogen) atoms. The fourth-order valence-corrected chi connectivity index (χ4v) is 4.91. The van der Waals surface area contributed by atoms with Crippen molar-refractivity contribution in [2.45, 2.75) is 44.6 Å². The van der Waals surface area contributed by atoms with E-state index in [4.69, 9.17) is 29.4 Å². The lowest BCUT2D eigenvalue weighted by atomic mass is 9.89. The molecule has 2 aromatic carbocycles. The number of hydrogen-bond acceptors (Lipinski definition) is 7. The maximum Gasteiger partial charge on any atom is 0.223 e. The average Bonchev–Trinajstić information content (AvgIpc) is 3.25. The molecule has 2 N–H and O–H groups in total. The molecule has 0 saturated carbocycles. The zero-order valence-electron chi connectivity index (χ0n) is 20.1. The van der Waals surface area contributed by atoms with Crippen LogP contribution in [0.1, 0.15) is 41.9 Å². The Morgan fingerprint density at radius 1 is 1.06 bits per heavy atom. The summed E-state index contributed by atoms with van der Waals surface area (Å²) < 4.78 is 28.5. The van der Waals surface area contributed by atoms with E-state index in [2.05, 4.69) is 0 Å². The van der Waals surface area contributed by atoms with E-state index in [1.165, 1.54) is 0 Å². The molecular formula is C26H31NO7. The summed E-state index contributed by atoms with van der Waals surface area (Å²) in [5.41, 5.74) is 9.37. The molecule has 1 fully saturated rings. The first-order valence-electron chi connectivity index (χ1n) is 11.4. The molecule has 4 rings (SSSR count). The third kappa shape index (κ3) is 4.42. The average molecular weight is 470 g/mol. The Morgan fingerprint density at radius 3 is 2.44 bits per heavy atom. The number of ether oxygens (including phenoxy) is 5. The van der Waals surface area contributed by atoms with Crippen LogP contribution in [0.5, 0.6) is 23.0 Å². The van der Waals surface area contributed by atoms with Gasteiger partial charge in [0.15, 0.2) is 17.2 Å². The number of primary amides is 1. The van der Waals surface area contributed by atoms with Gasteiger partial charge in [-0.25, -0.2) is 0 Å². The van der Waals surface area contributed by atoms with Gasteiger partial charge in [0.25, 0.3) is 0 Å². The Morgan fingerprint density at radius 2 is 1.82 bits per heavy atom. The van der Waals surface area contributed by atoms with Crippen LogP contribution in [0.2, 0.25) is 0 Å². The van der Waals surface area contributed by atoms with E-state index in [0.29, 0.717) is 48.9 Å². The van der Waals surface area contributed by atoms with Crippen LogP contribution < -0.4 is 30.1 Å². The zero-order chi connectivity index (χ0) is 24.4. The topological polar surface area (TPSA) is 106 Å². The third-order valence-electron chi connectivity index (χ3n) is 6.55. The lowest BCUT2D eigenvalue weighted by molar-refractivity contribution is -0.118. The summed E-state index contributed by atoms with van der Waals surface area (Å²) in [7, 11) is 4.71. The Hall–Kier alpha value is -3.26. The number of fused-ring (bicyclic) bond motifs is 3. The van der Waals surface area contributed by atoms with Crippen LogP contribution in [-0.2, 0) is 16.0 Å². The number of rotatable bonds is 7. The molecule has 0 spiro atoms. The van der Waals surface area contributed by atoms with Crippen molar-refractivity contribution in [1.82, 2.24) is 0 Å². The maximum atomic E-state index is 13.3. The van der Waals surface area contributed by atoms with Gasteiger partial charge in [-0.3, -0.25) is 9.59 Å². The van der Waals surface area contributed by atoms with Gasteiger partial charge in [-0.15, -0.1) is 0 Å². The lowest BCUT2D eigenvalue weighted by Crippen LogP contribution is -2.20. The predicted molar refractivity (Wildman–Crippen MR) is 127 cm³/mol. The number of carbonyl (C=O) groups excluding carboxylic acids is 1. The fourth-order valence-electron chi connectivity index (χ4n) is 4.91.